The van der Waals surface area contributed by atoms with Crippen LogP contribution in [0.4, 0.5) is 0 Å². The summed E-state index contributed by atoms with van der Waals surface area (Å²) in [4.78, 5) is 11.7. The molecule has 3 N–H and O–H groups in total. The lowest BCUT2D eigenvalue weighted by atomic mass is 10.1. The van der Waals surface area contributed by atoms with Crippen molar-refractivity contribution in [2.75, 3.05) is 13.7 Å². The molecule has 1 aromatic rings. The summed E-state index contributed by atoms with van der Waals surface area (Å²) in [5.74, 6) is -0.240. The average Bonchev–Trinajstić information content (AvgIpc) is 3.28. The van der Waals surface area contributed by atoms with Crippen LogP contribution >= 0.6 is 12.4 Å². The Morgan fingerprint density at radius 3 is 2.59 bits per heavy atom. The molecule has 1 fully saturated rings. The number of nitrogens with two attached hydrogens (primary N) is 1. The van der Waals surface area contributed by atoms with Gasteiger partial charge in [-0.25, -0.2) is 17.9 Å². The predicted octanol–water partition coefficient (Wildman–Crippen LogP) is 1.22. The van der Waals surface area contributed by atoms with E-state index in [1.54, 1.807) is 13.0 Å². The molecule has 1 atom stereocenters. The molecule has 0 saturated heterocycles. The molecule has 0 heterocycles. The third-order valence-electron chi connectivity index (χ3n) is 3.73. The topological polar surface area (TPSA) is 98.5 Å². The highest BCUT2D eigenvalue weighted by Crippen LogP contribution is 2.33. The van der Waals surface area contributed by atoms with E-state index in [-0.39, 0.29) is 35.5 Å². The number of carbonyl (C=O) groups is 1. The van der Waals surface area contributed by atoms with Gasteiger partial charge in [-0.3, -0.25) is 0 Å². The third-order valence-corrected chi connectivity index (χ3v) is 5.36. The van der Waals surface area contributed by atoms with Crippen molar-refractivity contribution < 1.29 is 17.9 Å². The van der Waals surface area contributed by atoms with Crippen molar-refractivity contribution >= 4 is 28.4 Å². The van der Waals surface area contributed by atoms with E-state index in [2.05, 4.69) is 9.46 Å². The summed E-state index contributed by atoms with van der Waals surface area (Å²) in [6.07, 6.45) is 1.98. The summed E-state index contributed by atoms with van der Waals surface area (Å²) in [5.41, 5.74) is 6.26. The molecule has 0 spiro atoms. The lowest BCUT2D eigenvalue weighted by Crippen LogP contribution is -2.41. The van der Waals surface area contributed by atoms with Gasteiger partial charge in [-0.1, -0.05) is 6.07 Å². The molecular weight excluding hydrogens is 328 g/mol. The first-order valence-electron chi connectivity index (χ1n) is 6.81. The molecule has 1 aliphatic rings. The molecule has 1 unspecified atom stereocenters. The summed E-state index contributed by atoms with van der Waals surface area (Å²) in [7, 11) is -2.45. The largest absolute Gasteiger partial charge is 0.465 e. The van der Waals surface area contributed by atoms with Gasteiger partial charge in [0.25, 0.3) is 0 Å². The highest BCUT2D eigenvalue weighted by atomic mass is 35.5. The van der Waals surface area contributed by atoms with Crippen molar-refractivity contribution in [2.24, 2.45) is 11.7 Å². The Morgan fingerprint density at radius 2 is 2.09 bits per heavy atom. The van der Waals surface area contributed by atoms with E-state index in [1.165, 1.54) is 19.2 Å². The van der Waals surface area contributed by atoms with Crippen LogP contribution in [0.25, 0.3) is 0 Å². The predicted molar refractivity (Wildman–Crippen MR) is 85.7 cm³/mol. The minimum absolute atomic E-state index is 0. The maximum absolute atomic E-state index is 12.5. The molecule has 0 radical (unpaired) electrons. The summed E-state index contributed by atoms with van der Waals surface area (Å²) < 4.78 is 32.3. The van der Waals surface area contributed by atoms with Crippen molar-refractivity contribution in [1.29, 1.82) is 0 Å². The van der Waals surface area contributed by atoms with E-state index in [9.17, 15) is 13.2 Å². The summed E-state index contributed by atoms with van der Waals surface area (Å²) in [6.45, 7) is 1.86. The van der Waals surface area contributed by atoms with Gasteiger partial charge >= 0.3 is 5.97 Å². The Hall–Kier alpha value is -1.15. The number of carbonyl (C=O) groups excluding carboxylic acids is 1. The SMILES string of the molecule is COC(=O)c1cccc(S(=O)(=O)NC(CN)C2CC2)c1C.Cl. The Bertz CT molecular complexity index is 644. The Labute approximate surface area is 136 Å². The minimum atomic E-state index is -3.71. The van der Waals surface area contributed by atoms with Gasteiger partial charge in [0.2, 0.25) is 10.0 Å². The normalized spacial score (nSPS) is 15.8. The standard InChI is InChI=1S/C14H20N2O4S.ClH/c1-9-11(14(17)20-2)4-3-5-13(9)21(18,19)16-12(8-15)10-6-7-10;/h3-5,10,12,16H,6-8,15H2,1-2H3;1H. The molecule has 1 aromatic carbocycles. The zero-order chi connectivity index (χ0) is 15.6. The number of halogens is 1. The number of methoxy groups -OCH3 is 1. The van der Waals surface area contributed by atoms with Gasteiger partial charge in [-0.15, -0.1) is 12.4 Å². The fraction of sp³-hybridized carbons (Fsp3) is 0.500. The first kappa shape index (κ1) is 18.9. The molecule has 6 nitrogen and oxygen atoms in total. The fourth-order valence-corrected chi connectivity index (χ4v) is 3.92. The number of esters is 1. The fourth-order valence-electron chi connectivity index (χ4n) is 2.33. The van der Waals surface area contributed by atoms with Crippen LogP contribution < -0.4 is 10.5 Å². The van der Waals surface area contributed by atoms with Crippen LogP contribution in [0.5, 0.6) is 0 Å². The van der Waals surface area contributed by atoms with E-state index in [1.807, 2.05) is 0 Å². The Balaban J connectivity index is 0.00000242. The van der Waals surface area contributed by atoms with Crippen LogP contribution in [0, 0.1) is 12.8 Å². The van der Waals surface area contributed by atoms with Gasteiger partial charge in [-0.05, 0) is 43.4 Å². The van der Waals surface area contributed by atoms with E-state index in [0.29, 0.717) is 11.5 Å². The van der Waals surface area contributed by atoms with E-state index in [4.69, 9.17) is 5.73 Å². The lowest BCUT2D eigenvalue weighted by molar-refractivity contribution is 0.0599. The highest BCUT2D eigenvalue weighted by molar-refractivity contribution is 7.89. The van der Waals surface area contributed by atoms with Crippen LogP contribution in [0.2, 0.25) is 0 Å². The lowest BCUT2D eigenvalue weighted by Gasteiger charge is -2.18. The zero-order valence-electron chi connectivity index (χ0n) is 12.5. The number of hydrogen-bond donors (Lipinski definition) is 2. The molecule has 8 heteroatoms. The maximum Gasteiger partial charge on any atom is 0.338 e. The number of benzene rings is 1. The van der Waals surface area contributed by atoms with E-state index >= 15 is 0 Å². The molecule has 1 aliphatic carbocycles. The number of sulfonamides is 1. The van der Waals surface area contributed by atoms with Crippen LogP contribution in [-0.4, -0.2) is 34.1 Å². The minimum Gasteiger partial charge on any atom is -0.465 e. The van der Waals surface area contributed by atoms with Gasteiger partial charge < -0.3 is 10.5 Å². The molecule has 0 bridgehead atoms. The van der Waals surface area contributed by atoms with E-state index < -0.39 is 16.0 Å². The molecule has 0 aliphatic heterocycles. The number of nitrogens with one attached hydrogen (secondary N) is 1. The summed E-state index contributed by atoms with van der Waals surface area (Å²) in [6, 6.07) is 4.30. The van der Waals surface area contributed by atoms with Crippen molar-refractivity contribution in [3.63, 3.8) is 0 Å². The van der Waals surface area contributed by atoms with Crippen LogP contribution in [0.15, 0.2) is 23.1 Å². The third kappa shape index (κ3) is 3.98. The molecule has 22 heavy (non-hydrogen) atoms. The second-order valence-corrected chi connectivity index (χ2v) is 6.90. The second-order valence-electron chi connectivity index (χ2n) is 5.22. The van der Waals surface area contributed by atoms with Gasteiger partial charge in [0.1, 0.15) is 0 Å². The van der Waals surface area contributed by atoms with Gasteiger partial charge in [0.05, 0.1) is 17.6 Å². The molecule has 124 valence electrons. The van der Waals surface area contributed by atoms with Crippen LogP contribution in [0.1, 0.15) is 28.8 Å². The summed E-state index contributed by atoms with van der Waals surface area (Å²) >= 11 is 0. The molecule has 0 aromatic heterocycles. The van der Waals surface area contributed by atoms with Crippen molar-refractivity contribution in [3.05, 3.63) is 29.3 Å². The van der Waals surface area contributed by atoms with Gasteiger partial charge in [-0.2, -0.15) is 0 Å². The van der Waals surface area contributed by atoms with Gasteiger partial charge in [0, 0.05) is 12.6 Å². The van der Waals surface area contributed by atoms with Crippen LogP contribution in [0.3, 0.4) is 0 Å². The molecule has 2 rings (SSSR count). The maximum atomic E-state index is 12.5. The Morgan fingerprint density at radius 1 is 1.45 bits per heavy atom. The van der Waals surface area contributed by atoms with Gasteiger partial charge in [0.15, 0.2) is 0 Å². The smallest absolute Gasteiger partial charge is 0.338 e. The summed E-state index contributed by atoms with van der Waals surface area (Å²) in [5, 5.41) is 0. The molecular formula is C14H21ClN2O4S. The Kier molecular flexibility index (Phi) is 6.37. The van der Waals surface area contributed by atoms with Crippen molar-refractivity contribution in [3.8, 4) is 0 Å². The first-order valence-corrected chi connectivity index (χ1v) is 8.29. The first-order chi connectivity index (χ1) is 9.90. The van der Waals surface area contributed by atoms with Crippen molar-refractivity contribution in [2.45, 2.75) is 30.7 Å². The van der Waals surface area contributed by atoms with Crippen molar-refractivity contribution in [1.82, 2.24) is 4.72 Å². The number of rotatable bonds is 6. The van der Waals surface area contributed by atoms with Crippen LogP contribution in [-0.2, 0) is 14.8 Å². The average molecular weight is 349 g/mol. The number of ether oxygens (including phenoxy) is 1. The molecule has 0 amide bonds. The van der Waals surface area contributed by atoms with E-state index in [0.717, 1.165) is 12.8 Å². The molecule has 1 saturated carbocycles. The monoisotopic (exact) mass is 348 g/mol. The number of hydrogen-bond acceptors (Lipinski definition) is 5. The highest BCUT2D eigenvalue weighted by Gasteiger charge is 2.34. The second kappa shape index (κ2) is 7.41. The quantitative estimate of drug-likeness (QED) is 0.753. The zero-order valence-corrected chi connectivity index (χ0v) is 14.2.